The molecular weight excluding hydrogens is 214 g/mol. The average Bonchev–Trinajstić information content (AvgIpc) is 3.04. The van der Waals surface area contributed by atoms with E-state index in [1.807, 2.05) is 17.4 Å². The molecular formula is C14H21NS. The summed E-state index contributed by atoms with van der Waals surface area (Å²) in [4.78, 5) is 1.49. The van der Waals surface area contributed by atoms with Crippen molar-refractivity contribution in [1.29, 1.82) is 0 Å². The minimum atomic E-state index is 0.708. The van der Waals surface area contributed by atoms with E-state index in [1.54, 1.807) is 0 Å². The highest BCUT2D eigenvalue weighted by Gasteiger charge is 2.30. The zero-order valence-corrected chi connectivity index (χ0v) is 10.9. The van der Waals surface area contributed by atoms with Gasteiger partial charge in [-0.3, -0.25) is 0 Å². The fourth-order valence-corrected chi connectivity index (χ4v) is 2.97. The number of hydrogen-bond acceptors (Lipinski definition) is 2. The van der Waals surface area contributed by atoms with E-state index in [9.17, 15) is 0 Å². The molecule has 1 unspecified atom stereocenters. The first-order valence-electron chi connectivity index (χ1n) is 6.18. The maximum Gasteiger partial charge on any atom is 0.0305 e. The van der Waals surface area contributed by atoms with Gasteiger partial charge in [0.2, 0.25) is 0 Å². The molecule has 2 rings (SSSR count). The molecule has 0 bridgehead atoms. The summed E-state index contributed by atoms with van der Waals surface area (Å²) in [7, 11) is 0. The van der Waals surface area contributed by atoms with Gasteiger partial charge >= 0.3 is 0 Å². The number of allylic oxidation sites excluding steroid dienone is 1. The zero-order valence-electron chi connectivity index (χ0n) is 10.0. The third-order valence-corrected chi connectivity index (χ3v) is 4.39. The molecule has 1 aliphatic rings. The van der Waals surface area contributed by atoms with Crippen molar-refractivity contribution in [1.82, 2.24) is 5.32 Å². The van der Waals surface area contributed by atoms with E-state index in [4.69, 9.17) is 0 Å². The van der Waals surface area contributed by atoms with Crippen LogP contribution in [0.1, 0.15) is 36.1 Å². The van der Waals surface area contributed by atoms with Gasteiger partial charge in [0.25, 0.3) is 0 Å². The number of thiophene rings is 1. The first kappa shape index (κ1) is 11.9. The van der Waals surface area contributed by atoms with Crippen LogP contribution < -0.4 is 5.32 Å². The SMILES string of the molecule is C=CCCC(NCc1sccc1C)C1CC1. The molecule has 1 fully saturated rings. The van der Waals surface area contributed by atoms with Crippen LogP contribution >= 0.6 is 11.3 Å². The van der Waals surface area contributed by atoms with Crippen LogP contribution in [0.3, 0.4) is 0 Å². The number of nitrogens with one attached hydrogen (secondary N) is 1. The summed E-state index contributed by atoms with van der Waals surface area (Å²) in [5.74, 6) is 0.931. The predicted molar refractivity (Wildman–Crippen MR) is 71.8 cm³/mol. The standard InChI is InChI=1S/C14H21NS/c1-3-4-5-13(12-6-7-12)15-10-14-11(2)8-9-16-14/h3,8-9,12-13,15H,1,4-7,10H2,2H3. The van der Waals surface area contributed by atoms with Crippen molar-refractivity contribution in [3.63, 3.8) is 0 Å². The minimum Gasteiger partial charge on any atom is -0.309 e. The van der Waals surface area contributed by atoms with E-state index in [0.29, 0.717) is 6.04 Å². The van der Waals surface area contributed by atoms with Crippen LogP contribution in [0.5, 0.6) is 0 Å². The molecule has 1 nitrogen and oxygen atoms in total. The molecule has 1 saturated carbocycles. The first-order chi connectivity index (χ1) is 7.81. The van der Waals surface area contributed by atoms with Crippen LogP contribution in [0, 0.1) is 12.8 Å². The molecule has 0 saturated heterocycles. The molecule has 1 N–H and O–H groups in total. The molecule has 1 atom stereocenters. The van der Waals surface area contributed by atoms with Gasteiger partial charge in [-0.1, -0.05) is 6.08 Å². The summed E-state index contributed by atoms with van der Waals surface area (Å²) in [6, 6.07) is 2.91. The molecule has 1 heterocycles. The average molecular weight is 235 g/mol. The Morgan fingerprint density at radius 2 is 2.44 bits per heavy atom. The fraction of sp³-hybridized carbons (Fsp3) is 0.571. The Labute approximate surface area is 103 Å². The first-order valence-corrected chi connectivity index (χ1v) is 7.06. The Hall–Kier alpha value is -0.600. The Bertz CT molecular complexity index is 338. The maximum atomic E-state index is 3.81. The lowest BCUT2D eigenvalue weighted by molar-refractivity contribution is 0.438. The topological polar surface area (TPSA) is 12.0 Å². The Morgan fingerprint density at radius 3 is 3.00 bits per heavy atom. The smallest absolute Gasteiger partial charge is 0.0305 e. The van der Waals surface area contributed by atoms with Crippen LogP contribution in [-0.2, 0) is 6.54 Å². The van der Waals surface area contributed by atoms with E-state index >= 15 is 0 Å². The number of rotatable bonds is 7. The molecule has 0 aliphatic heterocycles. The fourth-order valence-electron chi connectivity index (χ4n) is 2.11. The molecule has 0 amide bonds. The highest BCUT2D eigenvalue weighted by Crippen LogP contribution is 2.34. The van der Waals surface area contributed by atoms with E-state index in [-0.39, 0.29) is 0 Å². The summed E-state index contributed by atoms with van der Waals surface area (Å²) in [5.41, 5.74) is 1.43. The normalized spacial score (nSPS) is 17.3. The summed E-state index contributed by atoms with van der Waals surface area (Å²) in [6.07, 6.45) is 7.25. The summed E-state index contributed by atoms with van der Waals surface area (Å²) in [5, 5.41) is 5.91. The largest absolute Gasteiger partial charge is 0.309 e. The summed E-state index contributed by atoms with van der Waals surface area (Å²) in [6.45, 7) is 7.05. The van der Waals surface area contributed by atoms with E-state index in [0.717, 1.165) is 18.9 Å². The lowest BCUT2D eigenvalue weighted by Crippen LogP contribution is -2.30. The van der Waals surface area contributed by atoms with Crippen molar-refractivity contribution < 1.29 is 0 Å². The van der Waals surface area contributed by atoms with Crippen LogP contribution in [0.15, 0.2) is 24.1 Å². The van der Waals surface area contributed by atoms with E-state index < -0.39 is 0 Å². The van der Waals surface area contributed by atoms with Crippen LogP contribution in [0.25, 0.3) is 0 Å². The van der Waals surface area contributed by atoms with Crippen molar-refractivity contribution in [3.05, 3.63) is 34.5 Å². The van der Waals surface area contributed by atoms with Crippen molar-refractivity contribution in [2.24, 2.45) is 5.92 Å². The molecule has 0 radical (unpaired) electrons. The van der Waals surface area contributed by atoms with E-state index in [1.165, 1.54) is 29.7 Å². The van der Waals surface area contributed by atoms with Crippen LogP contribution in [0.4, 0.5) is 0 Å². The van der Waals surface area contributed by atoms with Gasteiger partial charge in [0.15, 0.2) is 0 Å². The van der Waals surface area contributed by atoms with Crippen LogP contribution in [0.2, 0.25) is 0 Å². The molecule has 88 valence electrons. The molecule has 1 aromatic rings. The van der Waals surface area contributed by atoms with Gasteiger partial charge in [-0.05, 0) is 55.5 Å². The van der Waals surface area contributed by atoms with Gasteiger partial charge in [-0.25, -0.2) is 0 Å². The quantitative estimate of drug-likeness (QED) is 0.707. The molecule has 2 heteroatoms. The molecule has 1 aromatic heterocycles. The number of aryl methyl sites for hydroxylation is 1. The van der Waals surface area contributed by atoms with Crippen molar-refractivity contribution >= 4 is 11.3 Å². The summed E-state index contributed by atoms with van der Waals surface area (Å²) >= 11 is 1.86. The Balaban J connectivity index is 1.81. The summed E-state index contributed by atoms with van der Waals surface area (Å²) < 4.78 is 0. The highest BCUT2D eigenvalue weighted by atomic mass is 32.1. The Kier molecular flexibility index (Phi) is 4.19. The lowest BCUT2D eigenvalue weighted by Gasteiger charge is -2.17. The third kappa shape index (κ3) is 3.19. The monoisotopic (exact) mass is 235 g/mol. The maximum absolute atomic E-state index is 3.81. The predicted octanol–water partition coefficient (Wildman–Crippen LogP) is 3.89. The number of hydrogen-bond donors (Lipinski definition) is 1. The molecule has 1 aliphatic carbocycles. The zero-order chi connectivity index (χ0) is 11.4. The van der Waals surface area contributed by atoms with E-state index in [2.05, 4.69) is 30.3 Å². The van der Waals surface area contributed by atoms with Gasteiger partial charge in [0.05, 0.1) is 0 Å². The highest BCUT2D eigenvalue weighted by molar-refractivity contribution is 7.10. The van der Waals surface area contributed by atoms with Crippen molar-refractivity contribution in [3.8, 4) is 0 Å². The van der Waals surface area contributed by atoms with Gasteiger partial charge in [-0.2, -0.15) is 0 Å². The lowest BCUT2D eigenvalue weighted by atomic mass is 10.1. The van der Waals surface area contributed by atoms with Crippen molar-refractivity contribution in [2.75, 3.05) is 0 Å². The van der Waals surface area contributed by atoms with Gasteiger partial charge < -0.3 is 5.32 Å². The van der Waals surface area contributed by atoms with Gasteiger partial charge in [-0.15, -0.1) is 17.9 Å². The minimum absolute atomic E-state index is 0.708. The van der Waals surface area contributed by atoms with Gasteiger partial charge in [0, 0.05) is 17.5 Å². The van der Waals surface area contributed by atoms with Crippen LogP contribution in [-0.4, -0.2) is 6.04 Å². The molecule has 0 spiro atoms. The van der Waals surface area contributed by atoms with Gasteiger partial charge in [0.1, 0.15) is 0 Å². The Morgan fingerprint density at radius 1 is 1.62 bits per heavy atom. The third-order valence-electron chi connectivity index (χ3n) is 3.37. The second-order valence-electron chi connectivity index (χ2n) is 4.72. The second kappa shape index (κ2) is 5.65. The second-order valence-corrected chi connectivity index (χ2v) is 5.72. The molecule has 0 aromatic carbocycles. The van der Waals surface area contributed by atoms with Crippen molar-refractivity contribution in [2.45, 2.75) is 45.2 Å². The molecule has 16 heavy (non-hydrogen) atoms.